The van der Waals surface area contributed by atoms with Gasteiger partial charge in [0.15, 0.2) is 0 Å². The number of pyridine rings is 1. The Labute approximate surface area is 93.7 Å². The lowest BCUT2D eigenvalue weighted by Crippen LogP contribution is -2.13. The van der Waals surface area contributed by atoms with E-state index in [1.165, 1.54) is 0 Å². The number of nitrogens with two attached hydrogens (primary N) is 1. The molecule has 1 aromatic rings. The van der Waals surface area contributed by atoms with Crippen molar-refractivity contribution in [1.82, 2.24) is 4.98 Å². The molecular weight excluding hydrogens is 210 g/mol. The first-order valence-electron chi connectivity index (χ1n) is 4.64. The number of anilines is 2. The number of rotatable bonds is 4. The van der Waals surface area contributed by atoms with Crippen molar-refractivity contribution in [3.63, 3.8) is 0 Å². The van der Waals surface area contributed by atoms with E-state index in [2.05, 4.69) is 10.3 Å². The van der Waals surface area contributed by atoms with Crippen molar-refractivity contribution < 1.29 is 4.79 Å². The molecule has 0 saturated heterocycles. The quantitative estimate of drug-likeness (QED) is 0.817. The van der Waals surface area contributed by atoms with Gasteiger partial charge in [-0.25, -0.2) is 4.98 Å². The molecule has 1 rings (SSSR count). The van der Waals surface area contributed by atoms with Crippen LogP contribution in [0.2, 0.25) is 0 Å². The van der Waals surface area contributed by atoms with Crippen molar-refractivity contribution in [3.8, 4) is 0 Å². The summed E-state index contributed by atoms with van der Waals surface area (Å²) in [4.78, 5) is 15.4. The summed E-state index contributed by atoms with van der Waals surface area (Å²) in [7, 11) is 0. The number of carbonyl (C=O) groups excluding carboxylic acids is 1. The number of carbonyl (C=O) groups is 1. The number of hydrogen-bond acceptors (Lipinski definition) is 4. The zero-order valence-electron chi connectivity index (χ0n) is 8.91. The number of nitrogens with one attached hydrogen (secondary N) is 1. The summed E-state index contributed by atoms with van der Waals surface area (Å²) in [6.45, 7) is 1.88. The first-order chi connectivity index (χ1) is 7.13. The predicted molar refractivity (Wildman–Crippen MR) is 65.0 cm³/mol. The van der Waals surface area contributed by atoms with Crippen LogP contribution in [-0.2, 0) is 4.79 Å². The van der Waals surface area contributed by atoms with Crippen molar-refractivity contribution in [2.24, 2.45) is 0 Å². The Bertz CT molecular complexity index is 355. The van der Waals surface area contributed by atoms with Gasteiger partial charge in [0.2, 0.25) is 5.91 Å². The molecule has 1 aromatic heterocycles. The third-order valence-electron chi connectivity index (χ3n) is 1.95. The number of nitrogen functional groups attached to an aromatic ring is 1. The average Bonchev–Trinajstić information content (AvgIpc) is 2.20. The fourth-order valence-corrected chi connectivity index (χ4v) is 1.42. The van der Waals surface area contributed by atoms with Crippen molar-refractivity contribution in [2.45, 2.75) is 13.3 Å². The Morgan fingerprint density at radius 3 is 3.00 bits per heavy atom. The smallest absolute Gasteiger partial charge is 0.226 e. The van der Waals surface area contributed by atoms with Gasteiger partial charge in [-0.05, 0) is 24.8 Å². The molecule has 0 bridgehead atoms. The van der Waals surface area contributed by atoms with E-state index >= 15 is 0 Å². The highest BCUT2D eigenvalue weighted by Gasteiger charge is 2.03. The normalized spacial score (nSPS) is 10.0. The maximum atomic E-state index is 11.4. The SMILES string of the molecule is CSCCC(=O)Nc1cc(C)c(N)cn1. The third-order valence-corrected chi connectivity index (χ3v) is 2.56. The zero-order valence-corrected chi connectivity index (χ0v) is 9.73. The molecule has 0 aliphatic rings. The molecule has 82 valence electrons. The van der Waals surface area contributed by atoms with Gasteiger partial charge >= 0.3 is 0 Å². The fourth-order valence-electron chi connectivity index (χ4n) is 1.04. The molecule has 0 aromatic carbocycles. The van der Waals surface area contributed by atoms with Crippen molar-refractivity contribution in [2.75, 3.05) is 23.1 Å². The van der Waals surface area contributed by atoms with Crippen LogP contribution in [-0.4, -0.2) is 22.9 Å². The van der Waals surface area contributed by atoms with E-state index in [1.54, 1.807) is 24.0 Å². The number of amides is 1. The molecule has 1 amide bonds. The maximum absolute atomic E-state index is 11.4. The molecule has 0 atom stereocenters. The van der Waals surface area contributed by atoms with Crippen LogP contribution >= 0.6 is 11.8 Å². The van der Waals surface area contributed by atoms with Crippen molar-refractivity contribution in [3.05, 3.63) is 17.8 Å². The predicted octanol–water partition coefficient (Wildman–Crippen LogP) is 1.66. The summed E-state index contributed by atoms with van der Waals surface area (Å²) in [5, 5.41) is 2.73. The van der Waals surface area contributed by atoms with Gasteiger partial charge in [0.25, 0.3) is 0 Å². The van der Waals surface area contributed by atoms with Crippen LogP contribution < -0.4 is 11.1 Å². The molecule has 0 spiro atoms. The molecule has 5 heteroatoms. The first kappa shape index (κ1) is 11.8. The van der Waals surface area contributed by atoms with Crippen molar-refractivity contribution >= 4 is 29.2 Å². The van der Waals surface area contributed by atoms with Crippen LogP contribution in [0.15, 0.2) is 12.3 Å². The summed E-state index contributed by atoms with van der Waals surface area (Å²) in [5.74, 6) is 1.37. The minimum absolute atomic E-state index is 0.0129. The Hall–Kier alpha value is -1.23. The second-order valence-corrected chi connectivity index (χ2v) is 4.20. The largest absolute Gasteiger partial charge is 0.397 e. The number of aryl methyl sites for hydroxylation is 1. The lowest BCUT2D eigenvalue weighted by Gasteiger charge is -2.05. The lowest BCUT2D eigenvalue weighted by atomic mass is 10.2. The standard InChI is InChI=1S/C10H15N3OS/c1-7-5-9(12-6-8(7)11)13-10(14)3-4-15-2/h5-6H,3-4,11H2,1-2H3,(H,12,13,14). The van der Waals surface area contributed by atoms with Crippen LogP contribution in [0.3, 0.4) is 0 Å². The van der Waals surface area contributed by atoms with Crippen LogP contribution in [0.5, 0.6) is 0 Å². The second-order valence-electron chi connectivity index (χ2n) is 3.22. The summed E-state index contributed by atoms with van der Waals surface area (Å²) >= 11 is 1.64. The van der Waals surface area contributed by atoms with Crippen molar-refractivity contribution in [1.29, 1.82) is 0 Å². The van der Waals surface area contributed by atoms with E-state index in [4.69, 9.17) is 5.73 Å². The Morgan fingerprint density at radius 2 is 2.40 bits per heavy atom. The molecule has 0 saturated carbocycles. The van der Waals surface area contributed by atoms with E-state index in [0.29, 0.717) is 17.9 Å². The molecular formula is C10H15N3OS. The number of aromatic nitrogens is 1. The van der Waals surface area contributed by atoms with Gasteiger partial charge in [0.1, 0.15) is 5.82 Å². The topological polar surface area (TPSA) is 68.0 Å². The van der Waals surface area contributed by atoms with E-state index in [-0.39, 0.29) is 5.91 Å². The third kappa shape index (κ3) is 3.79. The Kier molecular flexibility index (Phi) is 4.42. The van der Waals surface area contributed by atoms with E-state index in [0.717, 1.165) is 11.3 Å². The number of thioether (sulfide) groups is 1. The molecule has 15 heavy (non-hydrogen) atoms. The van der Waals surface area contributed by atoms with E-state index < -0.39 is 0 Å². The van der Waals surface area contributed by atoms with Crippen LogP contribution in [0.1, 0.15) is 12.0 Å². The summed E-state index contributed by atoms with van der Waals surface area (Å²) in [6, 6.07) is 1.77. The highest BCUT2D eigenvalue weighted by atomic mass is 32.2. The zero-order chi connectivity index (χ0) is 11.3. The van der Waals surface area contributed by atoms with Gasteiger partial charge in [-0.15, -0.1) is 0 Å². The Balaban J connectivity index is 2.57. The maximum Gasteiger partial charge on any atom is 0.226 e. The van der Waals surface area contributed by atoms with Gasteiger partial charge in [0, 0.05) is 12.2 Å². The molecule has 4 nitrogen and oxygen atoms in total. The first-order valence-corrected chi connectivity index (χ1v) is 6.03. The van der Waals surface area contributed by atoms with Gasteiger partial charge in [-0.2, -0.15) is 11.8 Å². The number of nitrogens with zero attached hydrogens (tertiary/aromatic N) is 1. The fraction of sp³-hybridized carbons (Fsp3) is 0.400. The molecule has 1 heterocycles. The summed E-state index contributed by atoms with van der Waals surface area (Å²) < 4.78 is 0. The molecule has 0 unspecified atom stereocenters. The molecule has 0 radical (unpaired) electrons. The van der Waals surface area contributed by atoms with E-state index in [9.17, 15) is 4.79 Å². The van der Waals surface area contributed by atoms with Gasteiger partial charge < -0.3 is 11.1 Å². The average molecular weight is 225 g/mol. The Morgan fingerprint density at radius 1 is 1.67 bits per heavy atom. The number of hydrogen-bond donors (Lipinski definition) is 2. The van der Waals surface area contributed by atoms with Gasteiger partial charge in [-0.3, -0.25) is 4.79 Å². The highest BCUT2D eigenvalue weighted by molar-refractivity contribution is 7.98. The molecule has 0 fully saturated rings. The lowest BCUT2D eigenvalue weighted by molar-refractivity contribution is -0.115. The minimum Gasteiger partial charge on any atom is -0.397 e. The summed E-state index contributed by atoms with van der Waals surface area (Å²) in [5.41, 5.74) is 7.18. The minimum atomic E-state index is -0.0129. The highest BCUT2D eigenvalue weighted by Crippen LogP contribution is 2.13. The van der Waals surface area contributed by atoms with Gasteiger partial charge in [0.05, 0.1) is 11.9 Å². The van der Waals surface area contributed by atoms with Crippen LogP contribution in [0.4, 0.5) is 11.5 Å². The van der Waals surface area contributed by atoms with Gasteiger partial charge in [-0.1, -0.05) is 0 Å². The van der Waals surface area contributed by atoms with Crippen LogP contribution in [0, 0.1) is 6.92 Å². The summed E-state index contributed by atoms with van der Waals surface area (Å²) in [6.07, 6.45) is 4.03. The molecule has 3 N–H and O–H groups in total. The van der Waals surface area contributed by atoms with E-state index in [1.807, 2.05) is 13.2 Å². The second kappa shape index (κ2) is 5.60. The molecule has 0 aliphatic heterocycles. The van der Waals surface area contributed by atoms with Crippen LogP contribution in [0.25, 0.3) is 0 Å². The monoisotopic (exact) mass is 225 g/mol. The molecule has 0 aliphatic carbocycles.